The van der Waals surface area contributed by atoms with Gasteiger partial charge in [-0.2, -0.15) is 0 Å². The maximum absolute atomic E-state index is 12.4. The van der Waals surface area contributed by atoms with E-state index in [1.54, 1.807) is 0 Å². The summed E-state index contributed by atoms with van der Waals surface area (Å²) < 4.78 is 32.5. The lowest BCUT2D eigenvalue weighted by molar-refractivity contribution is 0.414. The number of anilines is 2. The van der Waals surface area contributed by atoms with Crippen LogP contribution in [0.3, 0.4) is 0 Å². The van der Waals surface area contributed by atoms with Crippen molar-refractivity contribution in [3.63, 3.8) is 0 Å². The minimum atomic E-state index is -3.67. The molecule has 0 aliphatic carbocycles. The number of aryl methyl sites for hydroxylation is 1. The molecule has 1 saturated heterocycles. The summed E-state index contributed by atoms with van der Waals surface area (Å²) in [7, 11) is -2.19. The van der Waals surface area contributed by atoms with Crippen LogP contribution in [0.25, 0.3) is 0 Å². The summed E-state index contributed by atoms with van der Waals surface area (Å²) in [5, 5.41) is 3.41. The number of hydrogen-bond donors (Lipinski definition) is 2. The largest absolute Gasteiger partial charge is 0.495 e. The number of benzene rings is 1. The minimum absolute atomic E-state index is 0.0913. The van der Waals surface area contributed by atoms with Gasteiger partial charge in [0.2, 0.25) is 10.0 Å². The third-order valence-corrected chi connectivity index (χ3v) is 6.42. The molecule has 2 heterocycles. The first-order valence-corrected chi connectivity index (χ1v) is 11.4. The summed E-state index contributed by atoms with van der Waals surface area (Å²) in [4.78, 5) is 11.3. The van der Waals surface area contributed by atoms with Crippen molar-refractivity contribution in [2.45, 2.75) is 31.1 Å². The molecule has 10 heteroatoms. The van der Waals surface area contributed by atoms with Gasteiger partial charge >= 0.3 is 0 Å². The van der Waals surface area contributed by atoms with Crippen LogP contribution in [-0.2, 0) is 10.0 Å². The number of nitrogens with one attached hydrogen (secondary N) is 2. The van der Waals surface area contributed by atoms with Crippen LogP contribution in [0.1, 0.15) is 25.1 Å². The van der Waals surface area contributed by atoms with Crippen molar-refractivity contribution in [1.29, 1.82) is 0 Å². The fraction of sp³-hybridized carbons (Fsp3) is 0.474. The molecule has 1 aliphatic heterocycles. The average Bonchev–Trinajstić information content (AvgIpc) is 2.71. The summed E-state index contributed by atoms with van der Waals surface area (Å²) >= 11 is 6.02. The molecule has 158 valence electrons. The second kappa shape index (κ2) is 9.60. The van der Waals surface area contributed by atoms with Crippen LogP contribution >= 0.6 is 11.6 Å². The molecule has 0 saturated carbocycles. The molecule has 0 unspecified atom stereocenters. The molecule has 0 radical (unpaired) electrons. The number of aromatic nitrogens is 2. The zero-order valence-corrected chi connectivity index (χ0v) is 18.2. The molecule has 29 heavy (non-hydrogen) atoms. The number of rotatable bonds is 8. The van der Waals surface area contributed by atoms with Gasteiger partial charge in [-0.05, 0) is 44.4 Å². The van der Waals surface area contributed by atoms with Crippen molar-refractivity contribution >= 4 is 33.3 Å². The van der Waals surface area contributed by atoms with Gasteiger partial charge < -0.3 is 15.0 Å². The summed E-state index contributed by atoms with van der Waals surface area (Å²) in [6.07, 6.45) is 3.59. The molecule has 0 bridgehead atoms. The maximum atomic E-state index is 12.4. The second-order valence-electron chi connectivity index (χ2n) is 6.83. The quantitative estimate of drug-likeness (QED) is 0.610. The molecule has 1 aromatic heterocycles. The number of sulfonamides is 1. The van der Waals surface area contributed by atoms with E-state index in [0.717, 1.165) is 18.9 Å². The van der Waals surface area contributed by atoms with E-state index in [1.807, 2.05) is 13.0 Å². The third-order valence-electron chi connectivity index (χ3n) is 4.66. The van der Waals surface area contributed by atoms with E-state index in [0.29, 0.717) is 23.9 Å². The molecule has 2 aromatic rings. The number of halogens is 1. The zero-order chi connectivity index (χ0) is 20.9. The highest BCUT2D eigenvalue weighted by Crippen LogP contribution is 2.26. The number of methoxy groups -OCH3 is 1. The Morgan fingerprint density at radius 2 is 1.90 bits per heavy atom. The van der Waals surface area contributed by atoms with Gasteiger partial charge in [0.1, 0.15) is 23.2 Å². The van der Waals surface area contributed by atoms with Gasteiger partial charge in [-0.25, -0.2) is 23.1 Å². The van der Waals surface area contributed by atoms with E-state index in [1.165, 1.54) is 44.6 Å². The smallest absolute Gasteiger partial charge is 0.240 e. The third kappa shape index (κ3) is 5.71. The van der Waals surface area contributed by atoms with Crippen LogP contribution in [0.5, 0.6) is 5.75 Å². The summed E-state index contributed by atoms with van der Waals surface area (Å²) in [5.41, 5.74) is 0. The van der Waals surface area contributed by atoms with Crippen LogP contribution in [-0.4, -0.2) is 51.7 Å². The predicted octanol–water partition coefficient (Wildman–Crippen LogP) is 2.83. The SMILES string of the molecule is COc1ccc(S(=O)(=O)NCCNc2cc(N3CCCCC3)nc(C)n2)cc1Cl. The van der Waals surface area contributed by atoms with Crippen LogP contribution in [0.4, 0.5) is 11.6 Å². The van der Waals surface area contributed by atoms with Gasteiger partial charge in [-0.3, -0.25) is 0 Å². The highest BCUT2D eigenvalue weighted by molar-refractivity contribution is 7.89. The van der Waals surface area contributed by atoms with E-state index < -0.39 is 10.0 Å². The van der Waals surface area contributed by atoms with E-state index in [4.69, 9.17) is 16.3 Å². The summed E-state index contributed by atoms with van der Waals surface area (Å²) in [6.45, 7) is 4.45. The van der Waals surface area contributed by atoms with Crippen molar-refractivity contribution < 1.29 is 13.2 Å². The Kier molecular flexibility index (Phi) is 7.15. The Morgan fingerprint density at radius 1 is 1.14 bits per heavy atom. The highest BCUT2D eigenvalue weighted by atomic mass is 35.5. The molecule has 1 fully saturated rings. The van der Waals surface area contributed by atoms with Gasteiger partial charge in [0.15, 0.2) is 0 Å². The normalized spacial score (nSPS) is 14.7. The number of ether oxygens (including phenoxy) is 1. The van der Waals surface area contributed by atoms with Gasteiger partial charge in [-0.1, -0.05) is 11.6 Å². The number of nitrogens with zero attached hydrogens (tertiary/aromatic N) is 3. The zero-order valence-electron chi connectivity index (χ0n) is 16.6. The van der Waals surface area contributed by atoms with Gasteiger partial charge in [0, 0.05) is 32.2 Å². The van der Waals surface area contributed by atoms with Gasteiger partial charge in [0.25, 0.3) is 0 Å². The lowest BCUT2D eigenvalue weighted by Crippen LogP contribution is -2.31. The Morgan fingerprint density at radius 3 is 2.59 bits per heavy atom. The van der Waals surface area contributed by atoms with Crippen LogP contribution in [0, 0.1) is 6.92 Å². The molecule has 8 nitrogen and oxygen atoms in total. The van der Waals surface area contributed by atoms with Crippen molar-refractivity contribution in [2.75, 3.05) is 43.5 Å². The molecule has 0 atom stereocenters. The Balaban J connectivity index is 1.57. The Labute approximate surface area is 176 Å². The standard InChI is InChI=1S/C19H26ClN5O3S/c1-14-23-18(13-19(24-14)25-10-4-3-5-11-25)21-8-9-22-29(26,27)15-6-7-17(28-2)16(20)12-15/h6-7,12-13,22H,3-5,8-11H2,1-2H3,(H,21,23,24). The first kappa shape index (κ1) is 21.6. The highest BCUT2D eigenvalue weighted by Gasteiger charge is 2.16. The average molecular weight is 440 g/mol. The van der Waals surface area contributed by atoms with Gasteiger partial charge in [-0.15, -0.1) is 0 Å². The lowest BCUT2D eigenvalue weighted by atomic mass is 10.1. The molecule has 3 rings (SSSR count). The summed E-state index contributed by atoms with van der Waals surface area (Å²) in [5.74, 6) is 2.71. The topological polar surface area (TPSA) is 96.5 Å². The van der Waals surface area contributed by atoms with E-state index in [2.05, 4.69) is 24.9 Å². The first-order valence-electron chi connectivity index (χ1n) is 9.57. The summed E-state index contributed by atoms with van der Waals surface area (Å²) in [6, 6.07) is 6.27. The van der Waals surface area contributed by atoms with Crippen molar-refractivity contribution in [2.24, 2.45) is 0 Å². The molecule has 0 spiro atoms. The van der Waals surface area contributed by atoms with E-state index >= 15 is 0 Å². The Hall–Kier alpha value is -2.10. The first-order chi connectivity index (χ1) is 13.9. The fourth-order valence-electron chi connectivity index (χ4n) is 3.20. The van der Waals surface area contributed by atoms with Crippen molar-refractivity contribution in [1.82, 2.24) is 14.7 Å². The lowest BCUT2D eigenvalue weighted by Gasteiger charge is -2.28. The molecular formula is C19H26ClN5O3S. The van der Waals surface area contributed by atoms with Gasteiger partial charge in [0.05, 0.1) is 17.0 Å². The Bertz CT molecular complexity index is 949. The molecule has 2 N–H and O–H groups in total. The van der Waals surface area contributed by atoms with Crippen LogP contribution < -0.4 is 19.7 Å². The predicted molar refractivity (Wildman–Crippen MR) is 115 cm³/mol. The van der Waals surface area contributed by atoms with Crippen LogP contribution in [0.15, 0.2) is 29.2 Å². The number of piperidine rings is 1. The maximum Gasteiger partial charge on any atom is 0.240 e. The fourth-order valence-corrected chi connectivity index (χ4v) is 4.58. The van der Waals surface area contributed by atoms with Crippen molar-refractivity contribution in [3.8, 4) is 5.75 Å². The van der Waals surface area contributed by atoms with Crippen molar-refractivity contribution in [3.05, 3.63) is 35.1 Å². The minimum Gasteiger partial charge on any atom is -0.495 e. The molecular weight excluding hydrogens is 414 g/mol. The molecule has 0 amide bonds. The molecule has 1 aliphatic rings. The monoisotopic (exact) mass is 439 g/mol. The van der Waals surface area contributed by atoms with E-state index in [-0.39, 0.29) is 16.5 Å². The van der Waals surface area contributed by atoms with Crippen LogP contribution in [0.2, 0.25) is 5.02 Å². The number of hydrogen-bond acceptors (Lipinski definition) is 7. The molecule has 1 aromatic carbocycles. The van der Waals surface area contributed by atoms with E-state index in [9.17, 15) is 8.42 Å². The second-order valence-corrected chi connectivity index (χ2v) is 9.00.